The van der Waals surface area contributed by atoms with Crippen molar-refractivity contribution in [2.75, 3.05) is 13.2 Å². The standard InChI is InChI=1S/C56H90O6/c1-4-7-10-13-16-19-22-24-26-27-28-30-31-34-37-40-43-46-49-55(58)61-52-53(51-60-54(57)48-45-42-39-36-33-21-18-15-12-9-6-3)62-56(59)50-47-44-41-38-35-32-29-25-23-20-17-14-11-8-5-2/h10,13,15-28,30,33,53H,4-9,11-12,14,29,31-32,34-52H2,1-3H3/b13-10-,18-15-,19-16-,20-17-,24-22-,25-23-,27-26-,30-28-,33-21-. The van der Waals surface area contributed by atoms with Crippen LogP contribution >= 0.6 is 0 Å². The maximum atomic E-state index is 12.8. The molecule has 0 spiro atoms. The molecule has 6 heteroatoms. The van der Waals surface area contributed by atoms with E-state index in [1.54, 1.807) is 0 Å². The number of allylic oxidation sites excluding steroid dienone is 18. The molecule has 62 heavy (non-hydrogen) atoms. The van der Waals surface area contributed by atoms with Crippen molar-refractivity contribution in [2.24, 2.45) is 0 Å². The predicted molar refractivity (Wildman–Crippen MR) is 265 cm³/mol. The first-order valence-corrected chi connectivity index (χ1v) is 25.0. The van der Waals surface area contributed by atoms with E-state index in [9.17, 15) is 14.4 Å². The zero-order chi connectivity index (χ0) is 45.1. The minimum absolute atomic E-state index is 0.107. The van der Waals surface area contributed by atoms with Crippen LogP contribution in [0.3, 0.4) is 0 Å². The third-order valence-electron chi connectivity index (χ3n) is 10.1. The Morgan fingerprint density at radius 3 is 1.05 bits per heavy atom. The Morgan fingerprint density at radius 2 is 0.629 bits per heavy atom. The van der Waals surface area contributed by atoms with Crippen molar-refractivity contribution in [3.8, 4) is 0 Å². The highest BCUT2D eigenvalue weighted by atomic mass is 16.6. The number of ether oxygens (including phenoxy) is 3. The molecule has 0 heterocycles. The zero-order valence-electron chi connectivity index (χ0n) is 39.8. The largest absolute Gasteiger partial charge is 0.462 e. The van der Waals surface area contributed by atoms with E-state index in [4.69, 9.17) is 14.2 Å². The lowest BCUT2D eigenvalue weighted by Gasteiger charge is -2.18. The Morgan fingerprint density at radius 1 is 0.323 bits per heavy atom. The van der Waals surface area contributed by atoms with Crippen LogP contribution in [-0.4, -0.2) is 37.2 Å². The van der Waals surface area contributed by atoms with Gasteiger partial charge in [-0.15, -0.1) is 0 Å². The van der Waals surface area contributed by atoms with Crippen molar-refractivity contribution in [1.29, 1.82) is 0 Å². The summed E-state index contributed by atoms with van der Waals surface area (Å²) in [5.41, 5.74) is 0. The first-order chi connectivity index (χ1) is 30.5. The molecule has 0 saturated heterocycles. The Labute approximate surface area is 380 Å². The fraction of sp³-hybridized carbons (Fsp3) is 0.625. The first kappa shape index (κ1) is 58.1. The molecule has 0 aliphatic rings. The van der Waals surface area contributed by atoms with E-state index in [1.165, 1.54) is 57.8 Å². The van der Waals surface area contributed by atoms with Crippen molar-refractivity contribution in [1.82, 2.24) is 0 Å². The number of rotatable bonds is 43. The van der Waals surface area contributed by atoms with Crippen molar-refractivity contribution in [3.63, 3.8) is 0 Å². The van der Waals surface area contributed by atoms with Crippen LogP contribution in [0.4, 0.5) is 0 Å². The molecule has 0 aromatic heterocycles. The van der Waals surface area contributed by atoms with Gasteiger partial charge in [-0.3, -0.25) is 14.4 Å². The van der Waals surface area contributed by atoms with E-state index in [0.29, 0.717) is 19.3 Å². The van der Waals surface area contributed by atoms with Crippen LogP contribution in [0.15, 0.2) is 109 Å². The monoisotopic (exact) mass is 859 g/mol. The van der Waals surface area contributed by atoms with Crippen LogP contribution in [0.1, 0.15) is 207 Å². The van der Waals surface area contributed by atoms with Crippen LogP contribution in [0.5, 0.6) is 0 Å². The van der Waals surface area contributed by atoms with Crippen molar-refractivity contribution < 1.29 is 28.6 Å². The van der Waals surface area contributed by atoms with E-state index >= 15 is 0 Å². The number of esters is 3. The van der Waals surface area contributed by atoms with Gasteiger partial charge in [0.25, 0.3) is 0 Å². The molecule has 0 fully saturated rings. The second kappa shape index (κ2) is 49.7. The molecule has 350 valence electrons. The lowest BCUT2D eigenvalue weighted by Crippen LogP contribution is -2.30. The normalized spacial score (nSPS) is 13.0. The molecule has 0 radical (unpaired) electrons. The van der Waals surface area contributed by atoms with E-state index in [-0.39, 0.29) is 31.1 Å². The summed E-state index contributed by atoms with van der Waals surface area (Å²) >= 11 is 0. The van der Waals surface area contributed by atoms with Gasteiger partial charge in [0.15, 0.2) is 6.10 Å². The fourth-order valence-electron chi connectivity index (χ4n) is 6.32. The topological polar surface area (TPSA) is 78.9 Å². The molecule has 0 amide bonds. The summed E-state index contributed by atoms with van der Waals surface area (Å²) in [6.45, 7) is 6.39. The van der Waals surface area contributed by atoms with Gasteiger partial charge >= 0.3 is 17.9 Å². The van der Waals surface area contributed by atoms with Gasteiger partial charge in [0, 0.05) is 19.3 Å². The van der Waals surface area contributed by atoms with Gasteiger partial charge in [-0.2, -0.15) is 0 Å². The molecule has 1 unspecified atom stereocenters. The first-order valence-electron chi connectivity index (χ1n) is 25.0. The number of carbonyl (C=O) groups excluding carboxylic acids is 3. The van der Waals surface area contributed by atoms with Crippen molar-refractivity contribution in [2.45, 2.75) is 213 Å². The van der Waals surface area contributed by atoms with E-state index < -0.39 is 6.10 Å². The molecular weight excluding hydrogens is 769 g/mol. The Balaban J connectivity index is 4.50. The van der Waals surface area contributed by atoms with Gasteiger partial charge in [0.05, 0.1) is 0 Å². The number of carbonyl (C=O) groups is 3. The second-order valence-corrected chi connectivity index (χ2v) is 16.2. The lowest BCUT2D eigenvalue weighted by atomic mass is 10.1. The van der Waals surface area contributed by atoms with Gasteiger partial charge in [0.1, 0.15) is 13.2 Å². The maximum Gasteiger partial charge on any atom is 0.306 e. The molecular formula is C56H90O6. The summed E-state index contributed by atoms with van der Waals surface area (Å²) in [6.07, 6.45) is 66.3. The Bertz CT molecular complexity index is 1310. The summed E-state index contributed by atoms with van der Waals surface area (Å²) in [5, 5.41) is 0. The van der Waals surface area contributed by atoms with Gasteiger partial charge in [-0.25, -0.2) is 0 Å². The Kier molecular flexibility index (Phi) is 46.6. The van der Waals surface area contributed by atoms with E-state index in [0.717, 1.165) is 109 Å². The second-order valence-electron chi connectivity index (χ2n) is 16.2. The molecule has 0 N–H and O–H groups in total. The molecule has 0 saturated carbocycles. The summed E-state index contributed by atoms with van der Waals surface area (Å²) in [7, 11) is 0. The molecule has 0 aliphatic heterocycles. The third-order valence-corrected chi connectivity index (χ3v) is 10.1. The zero-order valence-corrected chi connectivity index (χ0v) is 39.8. The maximum absolute atomic E-state index is 12.8. The van der Waals surface area contributed by atoms with Crippen LogP contribution in [0.2, 0.25) is 0 Å². The van der Waals surface area contributed by atoms with Crippen molar-refractivity contribution >= 4 is 17.9 Å². The van der Waals surface area contributed by atoms with Crippen LogP contribution in [0.25, 0.3) is 0 Å². The number of hydrogen-bond acceptors (Lipinski definition) is 6. The van der Waals surface area contributed by atoms with Crippen molar-refractivity contribution in [3.05, 3.63) is 109 Å². The van der Waals surface area contributed by atoms with Crippen LogP contribution in [-0.2, 0) is 28.6 Å². The van der Waals surface area contributed by atoms with Gasteiger partial charge < -0.3 is 14.2 Å². The molecule has 0 bridgehead atoms. The summed E-state index contributed by atoms with van der Waals surface area (Å²) in [4.78, 5) is 37.9. The van der Waals surface area contributed by atoms with E-state index in [2.05, 4.69) is 93.7 Å². The quantitative estimate of drug-likeness (QED) is 0.0263. The SMILES string of the molecule is CCC\C=C/C=C\C=C/C=C\C=C/CCCCCCCC(=O)OCC(COC(=O)CCCCC/C=C\C=C/CCCC)OC(=O)CCCCCCCC/C=C\C=C/CCCCC. The van der Waals surface area contributed by atoms with Gasteiger partial charge in [0.2, 0.25) is 0 Å². The molecule has 1 atom stereocenters. The molecule has 6 nitrogen and oxygen atoms in total. The highest BCUT2D eigenvalue weighted by Crippen LogP contribution is 2.13. The highest BCUT2D eigenvalue weighted by Gasteiger charge is 2.19. The highest BCUT2D eigenvalue weighted by molar-refractivity contribution is 5.71. The Hall–Kier alpha value is -3.93. The fourth-order valence-corrected chi connectivity index (χ4v) is 6.32. The lowest BCUT2D eigenvalue weighted by molar-refractivity contribution is -0.167. The van der Waals surface area contributed by atoms with Crippen LogP contribution < -0.4 is 0 Å². The minimum Gasteiger partial charge on any atom is -0.462 e. The van der Waals surface area contributed by atoms with Gasteiger partial charge in [-0.1, -0.05) is 214 Å². The molecule has 0 aromatic rings. The average molecular weight is 859 g/mol. The summed E-state index contributed by atoms with van der Waals surface area (Å²) in [6, 6.07) is 0. The molecule has 0 aromatic carbocycles. The summed E-state index contributed by atoms with van der Waals surface area (Å²) < 4.78 is 16.7. The predicted octanol–water partition coefficient (Wildman–Crippen LogP) is 16.4. The average Bonchev–Trinajstić information content (AvgIpc) is 3.27. The molecule has 0 aliphatic carbocycles. The number of hydrogen-bond donors (Lipinski definition) is 0. The van der Waals surface area contributed by atoms with Crippen LogP contribution in [0, 0.1) is 0 Å². The minimum atomic E-state index is -0.807. The van der Waals surface area contributed by atoms with E-state index in [1.807, 2.05) is 36.5 Å². The third kappa shape index (κ3) is 47.1. The number of unbranched alkanes of at least 4 members (excludes halogenated alkanes) is 20. The molecule has 0 rings (SSSR count). The van der Waals surface area contributed by atoms with Gasteiger partial charge in [-0.05, 0) is 83.5 Å². The smallest absolute Gasteiger partial charge is 0.306 e. The summed E-state index contributed by atoms with van der Waals surface area (Å²) in [5.74, 6) is -0.978.